The number of anilines is 4. The Morgan fingerprint density at radius 2 is 1.82 bits per heavy atom. The Balaban J connectivity index is 1.14. The van der Waals surface area contributed by atoms with Crippen LogP contribution in [0.4, 0.5) is 27.5 Å². The van der Waals surface area contributed by atoms with E-state index in [4.69, 9.17) is 0 Å². The summed E-state index contributed by atoms with van der Waals surface area (Å²) in [5.41, 5.74) is 3.91. The number of piperidine rings is 1. The van der Waals surface area contributed by atoms with Crippen molar-refractivity contribution in [1.82, 2.24) is 29.3 Å². The number of aromatic nitrogens is 4. The molecule has 1 fully saturated rings. The molecule has 1 aliphatic rings. The van der Waals surface area contributed by atoms with Gasteiger partial charge in [0.2, 0.25) is 5.95 Å². The zero-order valence-electron chi connectivity index (χ0n) is 22.4. The number of hydrogen-bond donors (Lipinski definition) is 2. The van der Waals surface area contributed by atoms with Crippen LogP contribution < -0.4 is 10.6 Å². The molecule has 0 radical (unpaired) electrons. The zero-order valence-corrected chi connectivity index (χ0v) is 22.4. The smallest absolute Gasteiger partial charge is 0.253 e. The number of likely N-dealkylation sites (tertiary alicyclic amines) is 1. The molecule has 202 valence electrons. The van der Waals surface area contributed by atoms with Crippen LogP contribution in [0.25, 0.3) is 0 Å². The van der Waals surface area contributed by atoms with E-state index in [-0.39, 0.29) is 11.7 Å². The molecule has 0 aliphatic carbocycles. The van der Waals surface area contributed by atoms with Crippen LogP contribution in [0.3, 0.4) is 0 Å². The van der Waals surface area contributed by atoms with Gasteiger partial charge in [-0.25, -0.2) is 14.4 Å². The second-order valence-electron chi connectivity index (χ2n) is 9.99. The van der Waals surface area contributed by atoms with E-state index < -0.39 is 0 Å². The summed E-state index contributed by atoms with van der Waals surface area (Å²) < 4.78 is 15.6. The first-order valence-corrected chi connectivity index (χ1v) is 13.0. The maximum absolute atomic E-state index is 13.5. The Labute approximate surface area is 227 Å². The van der Waals surface area contributed by atoms with E-state index in [1.165, 1.54) is 11.8 Å². The van der Waals surface area contributed by atoms with E-state index in [1.54, 1.807) is 31.3 Å². The van der Waals surface area contributed by atoms with Crippen molar-refractivity contribution in [1.29, 1.82) is 0 Å². The molecule has 2 N–H and O–H groups in total. The van der Waals surface area contributed by atoms with E-state index in [0.29, 0.717) is 28.9 Å². The molecule has 1 aliphatic heterocycles. The number of carbonyl (C=O) groups excluding carboxylic acids is 1. The molecule has 1 amide bonds. The molecule has 3 heterocycles. The lowest BCUT2D eigenvalue weighted by Gasteiger charge is -2.36. The Hall–Kier alpha value is -4.31. The molecular formula is C29H33FN8O. The summed E-state index contributed by atoms with van der Waals surface area (Å²) in [7, 11) is 4.15. The molecule has 0 saturated carbocycles. The maximum Gasteiger partial charge on any atom is 0.253 e. The average Bonchev–Trinajstić information content (AvgIpc) is 3.35. The largest absolute Gasteiger partial charge is 0.340 e. The lowest BCUT2D eigenvalue weighted by atomic mass is 10.0. The van der Waals surface area contributed by atoms with Gasteiger partial charge >= 0.3 is 0 Å². The van der Waals surface area contributed by atoms with Crippen molar-refractivity contribution < 1.29 is 9.18 Å². The van der Waals surface area contributed by atoms with Crippen LogP contribution in [-0.4, -0.2) is 61.4 Å². The molecular weight excluding hydrogens is 495 g/mol. The lowest BCUT2D eigenvalue weighted by molar-refractivity contribution is 0.0638. The van der Waals surface area contributed by atoms with Gasteiger partial charge in [-0.3, -0.25) is 9.69 Å². The Morgan fingerprint density at radius 1 is 1.08 bits per heavy atom. The minimum Gasteiger partial charge on any atom is -0.340 e. The van der Waals surface area contributed by atoms with Gasteiger partial charge in [0.05, 0.1) is 12.0 Å². The second kappa shape index (κ2) is 11.6. The molecule has 0 atom stereocenters. The fourth-order valence-electron chi connectivity index (χ4n) is 4.80. The highest BCUT2D eigenvalue weighted by Gasteiger charge is 2.26. The summed E-state index contributed by atoms with van der Waals surface area (Å²) in [5.74, 6) is 0.794. The Bertz CT molecular complexity index is 1430. The number of hydrogen-bond acceptors (Lipinski definition) is 7. The third-order valence-corrected chi connectivity index (χ3v) is 7.18. The number of aryl methyl sites for hydroxylation is 2. The summed E-state index contributed by atoms with van der Waals surface area (Å²) in [6, 6.07) is 14.4. The van der Waals surface area contributed by atoms with Gasteiger partial charge in [0.15, 0.2) is 0 Å². The standard InChI is InChI=1S/C29H33FN8O/c1-20-16-23(8-9-26(20)30)33-27-10-13-32-29(35-27)34-22-6-4-21(5-7-22)28(39)38-14-11-24(12-15-38)36(2)18-25-17-31-19-37(25)3/h4-10,13,16-17,19,24H,11-12,14-15,18H2,1-3H3,(H2,32,33,34,35). The van der Waals surface area contributed by atoms with Crippen LogP contribution in [0.1, 0.15) is 34.5 Å². The van der Waals surface area contributed by atoms with Crippen LogP contribution in [0.15, 0.2) is 67.3 Å². The molecule has 0 spiro atoms. The van der Waals surface area contributed by atoms with Crippen molar-refractivity contribution in [2.45, 2.75) is 32.4 Å². The van der Waals surface area contributed by atoms with Crippen molar-refractivity contribution in [2.75, 3.05) is 30.8 Å². The van der Waals surface area contributed by atoms with Crippen LogP contribution in [0, 0.1) is 12.7 Å². The number of benzene rings is 2. The molecule has 4 aromatic rings. The van der Waals surface area contributed by atoms with Gasteiger partial charge in [0.25, 0.3) is 5.91 Å². The van der Waals surface area contributed by atoms with Crippen molar-refractivity contribution in [2.24, 2.45) is 7.05 Å². The molecule has 5 rings (SSSR count). The number of carbonyl (C=O) groups is 1. The SMILES string of the molecule is Cc1cc(Nc2ccnc(Nc3ccc(C(=O)N4CCC(N(C)Cc5cncn5C)CC4)cc3)n2)ccc1F. The van der Waals surface area contributed by atoms with Gasteiger partial charge < -0.3 is 20.1 Å². The molecule has 1 saturated heterocycles. The highest BCUT2D eigenvalue weighted by molar-refractivity contribution is 5.94. The predicted octanol–water partition coefficient (Wildman–Crippen LogP) is 4.88. The van der Waals surface area contributed by atoms with E-state index in [0.717, 1.165) is 43.9 Å². The highest BCUT2D eigenvalue weighted by atomic mass is 19.1. The summed E-state index contributed by atoms with van der Waals surface area (Å²) in [6.07, 6.45) is 7.26. The number of imidazole rings is 1. The van der Waals surface area contributed by atoms with Gasteiger partial charge in [0, 0.05) is 62.1 Å². The molecule has 39 heavy (non-hydrogen) atoms. The molecule has 9 nitrogen and oxygen atoms in total. The lowest BCUT2D eigenvalue weighted by Crippen LogP contribution is -2.45. The first kappa shape index (κ1) is 26.3. The average molecular weight is 529 g/mol. The highest BCUT2D eigenvalue weighted by Crippen LogP contribution is 2.22. The fraction of sp³-hybridized carbons (Fsp3) is 0.310. The number of halogens is 1. The van der Waals surface area contributed by atoms with Crippen LogP contribution in [-0.2, 0) is 13.6 Å². The summed E-state index contributed by atoms with van der Waals surface area (Å²) in [6.45, 7) is 4.03. The summed E-state index contributed by atoms with van der Waals surface area (Å²) in [5, 5.41) is 6.34. The van der Waals surface area contributed by atoms with Crippen LogP contribution >= 0.6 is 0 Å². The third kappa shape index (κ3) is 6.40. The van der Waals surface area contributed by atoms with Gasteiger partial charge in [-0.15, -0.1) is 0 Å². The summed E-state index contributed by atoms with van der Waals surface area (Å²) >= 11 is 0. The van der Waals surface area contributed by atoms with E-state index in [2.05, 4.69) is 37.5 Å². The van der Waals surface area contributed by atoms with Gasteiger partial charge in [0.1, 0.15) is 11.6 Å². The van der Waals surface area contributed by atoms with Gasteiger partial charge in [-0.1, -0.05) is 0 Å². The number of rotatable bonds is 8. The normalized spacial score (nSPS) is 14.0. The zero-order chi connectivity index (χ0) is 27.4. The Kier molecular flexibility index (Phi) is 7.83. The van der Waals surface area contributed by atoms with Gasteiger partial charge in [-0.05, 0) is 80.9 Å². The molecule has 2 aromatic carbocycles. The minimum absolute atomic E-state index is 0.0475. The topological polar surface area (TPSA) is 91.2 Å². The van der Waals surface area contributed by atoms with E-state index in [9.17, 15) is 9.18 Å². The maximum atomic E-state index is 13.5. The van der Waals surface area contributed by atoms with Gasteiger partial charge in [-0.2, -0.15) is 4.98 Å². The van der Waals surface area contributed by atoms with E-state index in [1.807, 2.05) is 53.3 Å². The molecule has 2 aromatic heterocycles. The number of amides is 1. The number of nitrogens with zero attached hydrogens (tertiary/aromatic N) is 6. The second-order valence-corrected chi connectivity index (χ2v) is 9.99. The summed E-state index contributed by atoms with van der Waals surface area (Å²) in [4.78, 5) is 30.4. The fourth-order valence-corrected chi connectivity index (χ4v) is 4.80. The quantitative estimate of drug-likeness (QED) is 0.337. The first-order valence-electron chi connectivity index (χ1n) is 13.0. The molecule has 0 unspecified atom stereocenters. The first-order chi connectivity index (χ1) is 18.9. The monoisotopic (exact) mass is 528 g/mol. The van der Waals surface area contributed by atoms with Crippen LogP contribution in [0.5, 0.6) is 0 Å². The van der Waals surface area contributed by atoms with Crippen molar-refractivity contribution in [3.05, 3.63) is 89.9 Å². The molecule has 10 heteroatoms. The minimum atomic E-state index is -0.249. The van der Waals surface area contributed by atoms with Crippen LogP contribution in [0.2, 0.25) is 0 Å². The Morgan fingerprint density at radius 3 is 2.51 bits per heavy atom. The van der Waals surface area contributed by atoms with Crippen molar-refractivity contribution >= 4 is 29.0 Å². The number of nitrogens with one attached hydrogen (secondary N) is 2. The van der Waals surface area contributed by atoms with E-state index >= 15 is 0 Å². The predicted molar refractivity (Wildman–Crippen MR) is 150 cm³/mol. The molecule has 0 bridgehead atoms. The third-order valence-electron chi connectivity index (χ3n) is 7.18. The van der Waals surface area contributed by atoms with Crippen molar-refractivity contribution in [3.8, 4) is 0 Å². The van der Waals surface area contributed by atoms with Crippen molar-refractivity contribution in [3.63, 3.8) is 0 Å².